The molecule has 3 aromatic rings. The van der Waals surface area contributed by atoms with Gasteiger partial charge in [-0.2, -0.15) is 0 Å². The zero-order valence-electron chi connectivity index (χ0n) is 14.1. The maximum atomic E-state index is 12.3. The molecule has 130 valence electrons. The standard InChI is InChI=1S/C21H17BrN2O2/c1-14-5-2-3-8-19(14)21(26)24-18-11-9-17(10-12-18)23-20(25)15-6-4-7-16(22)13-15/h2-13H,1H3,(H,23,25)(H,24,26). The lowest BCUT2D eigenvalue weighted by atomic mass is 10.1. The van der Waals surface area contributed by atoms with Gasteiger partial charge < -0.3 is 10.6 Å². The monoisotopic (exact) mass is 408 g/mol. The van der Waals surface area contributed by atoms with Gasteiger partial charge in [-0.3, -0.25) is 9.59 Å². The average Bonchev–Trinajstić information content (AvgIpc) is 2.63. The van der Waals surface area contributed by atoms with Gasteiger partial charge in [0.05, 0.1) is 0 Å². The van der Waals surface area contributed by atoms with E-state index in [1.165, 1.54) is 0 Å². The lowest BCUT2D eigenvalue weighted by molar-refractivity contribution is 0.101. The highest BCUT2D eigenvalue weighted by Crippen LogP contribution is 2.18. The number of hydrogen-bond donors (Lipinski definition) is 2. The van der Waals surface area contributed by atoms with Crippen molar-refractivity contribution in [3.8, 4) is 0 Å². The van der Waals surface area contributed by atoms with Gasteiger partial charge in [0.15, 0.2) is 0 Å². The topological polar surface area (TPSA) is 58.2 Å². The van der Waals surface area contributed by atoms with Crippen LogP contribution in [0.25, 0.3) is 0 Å². The summed E-state index contributed by atoms with van der Waals surface area (Å²) in [5.41, 5.74) is 3.45. The molecule has 4 nitrogen and oxygen atoms in total. The number of carbonyl (C=O) groups is 2. The molecule has 2 N–H and O–H groups in total. The van der Waals surface area contributed by atoms with Gasteiger partial charge in [-0.15, -0.1) is 0 Å². The molecule has 0 unspecified atom stereocenters. The van der Waals surface area contributed by atoms with E-state index in [1.54, 1.807) is 42.5 Å². The first kappa shape index (κ1) is 17.9. The van der Waals surface area contributed by atoms with Crippen LogP contribution >= 0.6 is 15.9 Å². The minimum Gasteiger partial charge on any atom is -0.322 e. The number of amides is 2. The van der Waals surface area contributed by atoms with Crippen molar-refractivity contribution in [2.24, 2.45) is 0 Å². The van der Waals surface area contributed by atoms with Crippen LogP contribution in [0.3, 0.4) is 0 Å². The quantitative estimate of drug-likeness (QED) is 0.618. The Hall–Kier alpha value is -2.92. The molecule has 2 amide bonds. The Labute approximate surface area is 160 Å². The number of carbonyl (C=O) groups excluding carboxylic acids is 2. The fourth-order valence-corrected chi connectivity index (χ4v) is 2.90. The summed E-state index contributed by atoms with van der Waals surface area (Å²) in [6.45, 7) is 1.90. The van der Waals surface area contributed by atoms with Gasteiger partial charge in [-0.05, 0) is 61.0 Å². The third-order valence-corrected chi connectivity index (χ3v) is 4.37. The van der Waals surface area contributed by atoms with Crippen LogP contribution in [0.15, 0.2) is 77.3 Å². The highest BCUT2D eigenvalue weighted by Gasteiger charge is 2.09. The summed E-state index contributed by atoms with van der Waals surface area (Å²) < 4.78 is 0.847. The van der Waals surface area contributed by atoms with Gasteiger partial charge in [0, 0.05) is 27.0 Å². The first-order valence-electron chi connectivity index (χ1n) is 8.07. The number of aryl methyl sites for hydroxylation is 1. The Kier molecular flexibility index (Phi) is 5.49. The molecule has 0 spiro atoms. The van der Waals surface area contributed by atoms with Crippen molar-refractivity contribution in [2.75, 3.05) is 10.6 Å². The lowest BCUT2D eigenvalue weighted by Gasteiger charge is -2.09. The second-order valence-corrected chi connectivity index (χ2v) is 6.73. The minimum atomic E-state index is -0.192. The molecule has 0 atom stereocenters. The van der Waals surface area contributed by atoms with Crippen LogP contribution in [0.4, 0.5) is 11.4 Å². The van der Waals surface area contributed by atoms with E-state index in [9.17, 15) is 9.59 Å². The van der Waals surface area contributed by atoms with E-state index < -0.39 is 0 Å². The van der Waals surface area contributed by atoms with Crippen molar-refractivity contribution in [1.29, 1.82) is 0 Å². The molecule has 0 saturated heterocycles. The Morgan fingerprint density at radius 2 is 1.38 bits per heavy atom. The fourth-order valence-electron chi connectivity index (χ4n) is 2.50. The summed E-state index contributed by atoms with van der Waals surface area (Å²) >= 11 is 3.35. The summed E-state index contributed by atoms with van der Waals surface area (Å²) in [5.74, 6) is -0.350. The molecule has 0 saturated carbocycles. The number of hydrogen-bond acceptors (Lipinski definition) is 2. The van der Waals surface area contributed by atoms with Crippen LogP contribution in [-0.2, 0) is 0 Å². The van der Waals surface area contributed by atoms with E-state index in [2.05, 4.69) is 26.6 Å². The van der Waals surface area contributed by atoms with Crippen molar-refractivity contribution in [2.45, 2.75) is 6.92 Å². The van der Waals surface area contributed by atoms with Crippen LogP contribution in [0.5, 0.6) is 0 Å². The van der Waals surface area contributed by atoms with Crippen molar-refractivity contribution in [1.82, 2.24) is 0 Å². The molecule has 0 radical (unpaired) electrons. The van der Waals surface area contributed by atoms with E-state index in [0.29, 0.717) is 22.5 Å². The second kappa shape index (κ2) is 7.97. The molecule has 26 heavy (non-hydrogen) atoms. The first-order valence-corrected chi connectivity index (χ1v) is 8.86. The first-order chi connectivity index (χ1) is 12.5. The third-order valence-electron chi connectivity index (χ3n) is 3.88. The zero-order chi connectivity index (χ0) is 18.5. The third kappa shape index (κ3) is 4.37. The Morgan fingerprint density at radius 3 is 2.00 bits per heavy atom. The van der Waals surface area contributed by atoms with Crippen molar-refractivity contribution in [3.05, 3.63) is 94.0 Å². The summed E-state index contributed by atoms with van der Waals surface area (Å²) in [6, 6.07) is 21.6. The van der Waals surface area contributed by atoms with Gasteiger partial charge >= 0.3 is 0 Å². The molecular formula is C21H17BrN2O2. The number of benzene rings is 3. The molecule has 0 aliphatic heterocycles. The van der Waals surface area contributed by atoms with Crippen LogP contribution in [0.2, 0.25) is 0 Å². The summed E-state index contributed by atoms with van der Waals surface area (Å²) in [5, 5.41) is 5.70. The molecule has 3 rings (SSSR count). The molecule has 0 fully saturated rings. The van der Waals surface area contributed by atoms with Crippen molar-refractivity contribution in [3.63, 3.8) is 0 Å². The SMILES string of the molecule is Cc1ccccc1C(=O)Nc1ccc(NC(=O)c2cccc(Br)c2)cc1. The summed E-state index contributed by atoms with van der Waals surface area (Å²) in [7, 11) is 0. The summed E-state index contributed by atoms with van der Waals surface area (Å²) in [6.07, 6.45) is 0. The van der Waals surface area contributed by atoms with Crippen LogP contribution in [0.1, 0.15) is 26.3 Å². The molecule has 0 bridgehead atoms. The second-order valence-electron chi connectivity index (χ2n) is 5.81. The predicted molar refractivity (Wildman–Crippen MR) is 108 cm³/mol. The number of nitrogens with one attached hydrogen (secondary N) is 2. The predicted octanol–water partition coefficient (Wildman–Crippen LogP) is 5.26. The minimum absolute atomic E-state index is 0.158. The molecule has 0 aliphatic carbocycles. The maximum Gasteiger partial charge on any atom is 0.255 e. The lowest BCUT2D eigenvalue weighted by Crippen LogP contribution is -2.14. The Morgan fingerprint density at radius 1 is 0.769 bits per heavy atom. The van der Waals surface area contributed by atoms with Gasteiger partial charge in [-0.25, -0.2) is 0 Å². The van der Waals surface area contributed by atoms with Crippen LogP contribution in [0, 0.1) is 6.92 Å². The largest absolute Gasteiger partial charge is 0.322 e. The average molecular weight is 409 g/mol. The number of anilines is 2. The number of rotatable bonds is 4. The molecule has 5 heteroatoms. The van der Waals surface area contributed by atoms with E-state index in [1.807, 2.05) is 37.3 Å². The smallest absolute Gasteiger partial charge is 0.255 e. The fraction of sp³-hybridized carbons (Fsp3) is 0.0476. The molecule has 0 heterocycles. The van der Waals surface area contributed by atoms with Crippen LogP contribution in [-0.4, -0.2) is 11.8 Å². The maximum absolute atomic E-state index is 12.3. The molecule has 0 aliphatic rings. The Bertz CT molecular complexity index is 952. The van der Waals surface area contributed by atoms with Crippen molar-refractivity contribution >= 4 is 39.1 Å². The molecule has 3 aromatic carbocycles. The van der Waals surface area contributed by atoms with E-state index in [-0.39, 0.29) is 11.8 Å². The highest BCUT2D eigenvalue weighted by molar-refractivity contribution is 9.10. The van der Waals surface area contributed by atoms with Crippen molar-refractivity contribution < 1.29 is 9.59 Å². The Balaban J connectivity index is 1.66. The summed E-state index contributed by atoms with van der Waals surface area (Å²) in [4.78, 5) is 24.6. The molecule has 0 aromatic heterocycles. The normalized spacial score (nSPS) is 10.2. The van der Waals surface area contributed by atoms with E-state index in [0.717, 1.165) is 10.0 Å². The van der Waals surface area contributed by atoms with Gasteiger partial charge in [0.1, 0.15) is 0 Å². The van der Waals surface area contributed by atoms with Crippen LogP contribution < -0.4 is 10.6 Å². The van der Waals surface area contributed by atoms with Gasteiger partial charge in [-0.1, -0.05) is 40.2 Å². The molecular weight excluding hydrogens is 392 g/mol. The number of halogens is 1. The highest BCUT2D eigenvalue weighted by atomic mass is 79.9. The van der Waals surface area contributed by atoms with Gasteiger partial charge in [0.25, 0.3) is 11.8 Å². The van der Waals surface area contributed by atoms with E-state index >= 15 is 0 Å². The van der Waals surface area contributed by atoms with E-state index in [4.69, 9.17) is 0 Å². The zero-order valence-corrected chi connectivity index (χ0v) is 15.7. The van der Waals surface area contributed by atoms with Gasteiger partial charge in [0.2, 0.25) is 0 Å².